The number of aromatic nitrogens is 1. The van der Waals surface area contributed by atoms with Crippen LogP contribution in [0, 0.1) is 11.3 Å². The van der Waals surface area contributed by atoms with Crippen molar-refractivity contribution in [2.24, 2.45) is 0 Å². The van der Waals surface area contributed by atoms with Gasteiger partial charge in [-0.1, -0.05) is 37.1 Å². The molecule has 3 rings (SSSR count). The summed E-state index contributed by atoms with van der Waals surface area (Å²) in [5.41, 5.74) is 3.25. The second kappa shape index (κ2) is 11.0. The minimum Gasteiger partial charge on any atom is -0.494 e. The van der Waals surface area contributed by atoms with Crippen molar-refractivity contribution in [1.82, 2.24) is 9.29 Å². The SMILES string of the molecule is C=C(CCCOc1ccc2c(ccn2-c2cc(Cl)c(OCCC)c(C#N)c2)c1)NSC. The minimum atomic E-state index is 0.426. The molecule has 0 bridgehead atoms. The van der Waals surface area contributed by atoms with Gasteiger partial charge in [-0.3, -0.25) is 0 Å². The second-order valence-corrected chi connectivity index (χ2v) is 8.05. The maximum atomic E-state index is 9.56. The van der Waals surface area contributed by atoms with E-state index in [0.717, 1.165) is 47.3 Å². The lowest BCUT2D eigenvalue weighted by Crippen LogP contribution is -2.04. The van der Waals surface area contributed by atoms with Crippen LogP contribution in [0.3, 0.4) is 0 Å². The molecule has 0 saturated carbocycles. The zero-order chi connectivity index (χ0) is 22.2. The maximum absolute atomic E-state index is 9.56. The van der Waals surface area contributed by atoms with Crippen molar-refractivity contribution in [2.45, 2.75) is 26.2 Å². The van der Waals surface area contributed by atoms with Crippen LogP contribution in [0.1, 0.15) is 31.7 Å². The fraction of sp³-hybridized carbons (Fsp3) is 0.292. The third kappa shape index (κ3) is 5.69. The summed E-state index contributed by atoms with van der Waals surface area (Å²) < 4.78 is 16.7. The summed E-state index contributed by atoms with van der Waals surface area (Å²) in [5, 5.41) is 11.0. The number of nitrogens with zero attached hydrogens (tertiary/aromatic N) is 2. The van der Waals surface area contributed by atoms with Crippen LogP contribution in [-0.4, -0.2) is 24.0 Å². The largest absolute Gasteiger partial charge is 0.494 e. The molecular weight excluding hydrogens is 430 g/mol. The summed E-state index contributed by atoms with van der Waals surface area (Å²) in [7, 11) is 0. The molecule has 0 fully saturated rings. The van der Waals surface area contributed by atoms with Gasteiger partial charge in [0.05, 0.1) is 29.3 Å². The number of hydrogen-bond acceptors (Lipinski definition) is 5. The number of hydrogen-bond donors (Lipinski definition) is 1. The molecule has 3 aromatic rings. The van der Waals surface area contributed by atoms with Crippen molar-refractivity contribution < 1.29 is 9.47 Å². The molecule has 1 aromatic heterocycles. The van der Waals surface area contributed by atoms with Gasteiger partial charge in [0.1, 0.15) is 11.8 Å². The van der Waals surface area contributed by atoms with E-state index in [1.165, 1.54) is 0 Å². The molecule has 0 aliphatic carbocycles. The van der Waals surface area contributed by atoms with Crippen molar-refractivity contribution in [1.29, 1.82) is 5.26 Å². The van der Waals surface area contributed by atoms with Crippen molar-refractivity contribution in [3.05, 3.63) is 65.5 Å². The van der Waals surface area contributed by atoms with E-state index < -0.39 is 0 Å². The maximum Gasteiger partial charge on any atom is 0.155 e. The van der Waals surface area contributed by atoms with Gasteiger partial charge in [-0.25, -0.2) is 0 Å². The third-order valence-corrected chi connectivity index (χ3v) is 5.45. The van der Waals surface area contributed by atoms with E-state index >= 15 is 0 Å². The van der Waals surface area contributed by atoms with Crippen LogP contribution in [0.2, 0.25) is 5.02 Å². The molecule has 0 unspecified atom stereocenters. The molecule has 7 heteroatoms. The number of allylic oxidation sites excluding steroid dienone is 1. The summed E-state index contributed by atoms with van der Waals surface area (Å²) >= 11 is 7.98. The summed E-state index contributed by atoms with van der Waals surface area (Å²) in [4.78, 5) is 0. The Bertz CT molecular complexity index is 1100. The Morgan fingerprint density at radius 1 is 1.23 bits per heavy atom. The highest BCUT2D eigenvalue weighted by Gasteiger charge is 2.13. The third-order valence-electron chi connectivity index (χ3n) is 4.68. The summed E-state index contributed by atoms with van der Waals surface area (Å²) in [6.07, 6.45) is 6.56. The van der Waals surface area contributed by atoms with Crippen molar-refractivity contribution in [3.8, 4) is 23.3 Å². The number of nitriles is 1. The Morgan fingerprint density at radius 2 is 2.06 bits per heavy atom. The van der Waals surface area contributed by atoms with E-state index in [4.69, 9.17) is 21.1 Å². The van der Waals surface area contributed by atoms with Gasteiger partial charge < -0.3 is 18.8 Å². The van der Waals surface area contributed by atoms with Gasteiger partial charge in [0.2, 0.25) is 0 Å². The van der Waals surface area contributed by atoms with Crippen molar-refractivity contribution in [2.75, 3.05) is 19.5 Å². The zero-order valence-electron chi connectivity index (χ0n) is 17.8. The van der Waals surface area contributed by atoms with Gasteiger partial charge >= 0.3 is 0 Å². The summed E-state index contributed by atoms with van der Waals surface area (Å²) in [5.74, 6) is 1.27. The molecule has 0 saturated heterocycles. The van der Waals surface area contributed by atoms with Crippen LogP contribution in [-0.2, 0) is 0 Å². The van der Waals surface area contributed by atoms with Crippen LogP contribution in [0.15, 0.2) is 54.9 Å². The van der Waals surface area contributed by atoms with Gasteiger partial charge in [0, 0.05) is 29.2 Å². The van der Waals surface area contributed by atoms with Gasteiger partial charge in [0.15, 0.2) is 5.75 Å². The lowest BCUT2D eigenvalue weighted by molar-refractivity contribution is 0.311. The first kappa shape index (κ1) is 22.9. The quantitative estimate of drug-likeness (QED) is 0.264. The smallest absolute Gasteiger partial charge is 0.155 e. The molecule has 0 aliphatic rings. The molecule has 0 amide bonds. The molecule has 1 N–H and O–H groups in total. The number of ether oxygens (including phenoxy) is 2. The average Bonchev–Trinajstić information content (AvgIpc) is 3.19. The molecule has 5 nitrogen and oxygen atoms in total. The predicted molar refractivity (Wildman–Crippen MR) is 129 cm³/mol. The van der Waals surface area contributed by atoms with E-state index in [1.807, 2.05) is 54.3 Å². The fourth-order valence-corrected chi connectivity index (χ4v) is 3.92. The normalized spacial score (nSPS) is 10.6. The van der Waals surface area contributed by atoms with E-state index in [1.54, 1.807) is 18.0 Å². The molecule has 1 heterocycles. The monoisotopic (exact) mass is 455 g/mol. The summed E-state index contributed by atoms with van der Waals surface area (Å²) in [6, 6.07) is 13.8. The van der Waals surface area contributed by atoms with Gasteiger partial charge in [-0.15, -0.1) is 0 Å². The average molecular weight is 456 g/mol. The Hall–Kier alpha value is -2.75. The Morgan fingerprint density at radius 3 is 2.81 bits per heavy atom. The predicted octanol–water partition coefficient (Wildman–Crippen LogP) is 6.48. The number of halogens is 1. The summed E-state index contributed by atoms with van der Waals surface area (Å²) in [6.45, 7) is 7.13. The molecule has 2 aromatic carbocycles. The highest BCUT2D eigenvalue weighted by atomic mass is 35.5. The lowest BCUT2D eigenvalue weighted by Gasteiger charge is -2.13. The Kier molecular flexibility index (Phi) is 8.16. The van der Waals surface area contributed by atoms with Crippen molar-refractivity contribution in [3.63, 3.8) is 0 Å². The van der Waals surface area contributed by atoms with Gasteiger partial charge in [-0.05, 0) is 55.7 Å². The highest BCUT2D eigenvalue weighted by Crippen LogP contribution is 2.33. The van der Waals surface area contributed by atoms with E-state index in [0.29, 0.717) is 29.5 Å². The van der Waals surface area contributed by atoms with Crippen LogP contribution in [0.4, 0.5) is 0 Å². The Balaban J connectivity index is 1.77. The first-order chi connectivity index (χ1) is 15.1. The number of fused-ring (bicyclic) bond motifs is 1. The molecule has 0 aliphatic heterocycles. The zero-order valence-corrected chi connectivity index (χ0v) is 19.4. The molecule has 162 valence electrons. The fourth-order valence-electron chi connectivity index (χ4n) is 3.26. The van der Waals surface area contributed by atoms with Crippen LogP contribution in [0.5, 0.6) is 11.5 Å². The minimum absolute atomic E-state index is 0.426. The molecular formula is C24H26ClN3O2S. The topological polar surface area (TPSA) is 59.2 Å². The lowest BCUT2D eigenvalue weighted by atomic mass is 10.2. The van der Waals surface area contributed by atoms with Crippen LogP contribution >= 0.6 is 23.5 Å². The standard InChI is InChI=1S/C24H26ClN3O2S/c1-4-11-30-24-19(16-26)13-20(15-22(24)25)28-10-9-18-14-21(7-8-23(18)28)29-12-5-6-17(2)27-31-3/h7-10,13-15,27H,2,4-6,11-12H2,1,3H3. The Labute approximate surface area is 192 Å². The highest BCUT2D eigenvalue weighted by molar-refractivity contribution is 7.96. The van der Waals surface area contributed by atoms with Gasteiger partial charge in [0.25, 0.3) is 0 Å². The number of rotatable bonds is 11. The number of nitrogens with one attached hydrogen (secondary N) is 1. The van der Waals surface area contributed by atoms with E-state index in [9.17, 15) is 5.26 Å². The molecule has 0 atom stereocenters. The van der Waals surface area contributed by atoms with Crippen LogP contribution < -0.4 is 14.2 Å². The van der Waals surface area contributed by atoms with Gasteiger partial charge in [-0.2, -0.15) is 5.26 Å². The second-order valence-electron chi connectivity index (χ2n) is 7.03. The molecule has 0 spiro atoms. The van der Waals surface area contributed by atoms with Crippen LogP contribution in [0.25, 0.3) is 16.6 Å². The molecule has 0 radical (unpaired) electrons. The first-order valence-electron chi connectivity index (χ1n) is 10.1. The first-order valence-corrected chi connectivity index (χ1v) is 11.7. The van der Waals surface area contributed by atoms with Crippen molar-refractivity contribution >= 4 is 34.5 Å². The van der Waals surface area contributed by atoms with E-state index in [-0.39, 0.29) is 0 Å². The molecule has 31 heavy (non-hydrogen) atoms. The van der Waals surface area contributed by atoms with E-state index in [2.05, 4.69) is 17.4 Å². The number of benzene rings is 2.